The van der Waals surface area contributed by atoms with Gasteiger partial charge in [-0.25, -0.2) is 8.42 Å². The van der Waals surface area contributed by atoms with Gasteiger partial charge in [-0.3, -0.25) is 9.52 Å². The molecule has 2 aromatic rings. The fraction of sp³-hybridized carbons (Fsp3) is 0.278. The zero-order chi connectivity index (χ0) is 18.3. The van der Waals surface area contributed by atoms with E-state index in [1.165, 1.54) is 12.1 Å². The highest BCUT2D eigenvalue weighted by Crippen LogP contribution is 2.20. The predicted molar refractivity (Wildman–Crippen MR) is 98.4 cm³/mol. The van der Waals surface area contributed by atoms with Crippen LogP contribution in [0, 0.1) is 0 Å². The van der Waals surface area contributed by atoms with E-state index >= 15 is 0 Å². The second kappa shape index (κ2) is 8.64. The molecule has 0 saturated heterocycles. The number of sulfonamides is 1. The number of nitrogens with one attached hydrogen (secondary N) is 2. The molecule has 1 atom stereocenters. The maximum absolute atomic E-state index is 12.5. The van der Waals surface area contributed by atoms with Crippen molar-refractivity contribution in [3.63, 3.8) is 0 Å². The number of hydrogen-bond acceptors (Lipinski definition) is 4. The summed E-state index contributed by atoms with van der Waals surface area (Å²) in [5.74, 6) is -0.248. The van der Waals surface area contributed by atoms with Gasteiger partial charge >= 0.3 is 0 Å². The minimum atomic E-state index is -3.69. The van der Waals surface area contributed by atoms with Crippen LogP contribution in [0.15, 0.2) is 59.5 Å². The normalized spacial score (nSPS) is 12.4. The number of hydrogen-bond donors (Lipinski definition) is 3. The fourth-order valence-electron chi connectivity index (χ4n) is 2.33. The van der Waals surface area contributed by atoms with Crippen LogP contribution in [-0.4, -0.2) is 20.4 Å². The lowest BCUT2D eigenvalue weighted by atomic mass is 10.1. The molecule has 1 amide bonds. The van der Waals surface area contributed by atoms with Crippen LogP contribution >= 0.6 is 0 Å². The molecule has 4 N–H and O–H groups in total. The van der Waals surface area contributed by atoms with Crippen molar-refractivity contribution >= 4 is 21.6 Å². The van der Waals surface area contributed by atoms with Crippen LogP contribution in [0.3, 0.4) is 0 Å². The highest BCUT2D eigenvalue weighted by atomic mass is 32.2. The maximum Gasteiger partial charge on any atom is 0.261 e. The molecule has 0 radical (unpaired) electrons. The summed E-state index contributed by atoms with van der Waals surface area (Å²) < 4.78 is 27.5. The van der Waals surface area contributed by atoms with Crippen molar-refractivity contribution in [2.45, 2.75) is 37.2 Å². The Morgan fingerprint density at radius 2 is 1.72 bits per heavy atom. The molecule has 0 aliphatic rings. The smallest absolute Gasteiger partial charge is 0.261 e. The summed E-state index contributed by atoms with van der Waals surface area (Å²) in [5, 5.41) is 2.75. The lowest BCUT2D eigenvalue weighted by Crippen LogP contribution is -2.40. The van der Waals surface area contributed by atoms with E-state index in [0.29, 0.717) is 17.7 Å². The molecule has 134 valence electrons. The van der Waals surface area contributed by atoms with E-state index < -0.39 is 16.1 Å². The molecule has 0 saturated carbocycles. The zero-order valence-corrected chi connectivity index (χ0v) is 14.9. The zero-order valence-electron chi connectivity index (χ0n) is 14.1. The topological polar surface area (TPSA) is 101 Å². The monoisotopic (exact) mass is 361 g/mol. The van der Waals surface area contributed by atoms with Gasteiger partial charge in [0.2, 0.25) is 5.91 Å². The van der Waals surface area contributed by atoms with E-state index in [1.54, 1.807) is 42.5 Å². The summed E-state index contributed by atoms with van der Waals surface area (Å²) in [6.45, 7) is 2.16. The molecule has 7 heteroatoms. The summed E-state index contributed by atoms with van der Waals surface area (Å²) in [5.41, 5.74) is 6.88. The summed E-state index contributed by atoms with van der Waals surface area (Å²) in [6, 6.07) is 14.5. The molecule has 6 nitrogen and oxygen atoms in total. The molecule has 0 aliphatic carbocycles. The summed E-state index contributed by atoms with van der Waals surface area (Å²) in [7, 11) is -3.69. The number of carbonyl (C=O) groups is 1. The molecule has 1 unspecified atom stereocenters. The van der Waals surface area contributed by atoms with Gasteiger partial charge in [0, 0.05) is 6.54 Å². The van der Waals surface area contributed by atoms with E-state index in [-0.39, 0.29) is 17.3 Å². The summed E-state index contributed by atoms with van der Waals surface area (Å²) in [6.07, 6.45) is 1.43. The molecule has 0 fully saturated rings. The van der Waals surface area contributed by atoms with Crippen molar-refractivity contribution in [3.8, 4) is 0 Å². The van der Waals surface area contributed by atoms with Crippen molar-refractivity contribution in [1.82, 2.24) is 5.32 Å². The average molecular weight is 361 g/mol. The van der Waals surface area contributed by atoms with Crippen molar-refractivity contribution in [1.29, 1.82) is 0 Å². The fourth-order valence-corrected chi connectivity index (χ4v) is 3.45. The van der Waals surface area contributed by atoms with Crippen LogP contribution in [0.2, 0.25) is 0 Å². The predicted octanol–water partition coefficient (Wildman–Crippen LogP) is 2.23. The third kappa shape index (κ3) is 5.30. The van der Waals surface area contributed by atoms with Crippen molar-refractivity contribution in [2.75, 3.05) is 4.72 Å². The molecule has 2 aromatic carbocycles. The molecule has 25 heavy (non-hydrogen) atoms. The van der Waals surface area contributed by atoms with E-state index in [4.69, 9.17) is 5.73 Å². The molecule has 2 rings (SSSR count). The van der Waals surface area contributed by atoms with Gasteiger partial charge in [-0.2, -0.15) is 0 Å². The summed E-state index contributed by atoms with van der Waals surface area (Å²) >= 11 is 0. The maximum atomic E-state index is 12.5. The first-order valence-corrected chi connectivity index (χ1v) is 9.61. The van der Waals surface area contributed by atoms with Crippen LogP contribution in [0.4, 0.5) is 5.69 Å². The van der Waals surface area contributed by atoms with Crippen LogP contribution in [0.1, 0.15) is 25.3 Å². The van der Waals surface area contributed by atoms with Crippen molar-refractivity contribution in [2.24, 2.45) is 5.73 Å². The van der Waals surface area contributed by atoms with Gasteiger partial charge in [-0.1, -0.05) is 49.7 Å². The lowest BCUT2D eigenvalue weighted by molar-refractivity contribution is -0.122. The third-order valence-electron chi connectivity index (χ3n) is 3.70. The number of nitrogens with two attached hydrogens (primary N) is 1. The van der Waals surface area contributed by atoms with Crippen molar-refractivity contribution < 1.29 is 13.2 Å². The van der Waals surface area contributed by atoms with Gasteiger partial charge in [-0.05, 0) is 30.2 Å². The van der Waals surface area contributed by atoms with Gasteiger partial charge < -0.3 is 11.1 Å². The highest BCUT2D eigenvalue weighted by molar-refractivity contribution is 7.92. The molecule has 0 spiro atoms. The Labute approximate surface area is 148 Å². The van der Waals surface area contributed by atoms with Crippen LogP contribution in [0.25, 0.3) is 0 Å². The Balaban J connectivity index is 2.12. The van der Waals surface area contributed by atoms with Gasteiger partial charge in [0.15, 0.2) is 0 Å². The molecule has 0 aromatic heterocycles. The highest BCUT2D eigenvalue weighted by Gasteiger charge is 2.16. The van der Waals surface area contributed by atoms with Gasteiger partial charge in [-0.15, -0.1) is 0 Å². The first-order valence-electron chi connectivity index (χ1n) is 8.13. The Morgan fingerprint density at radius 1 is 1.08 bits per heavy atom. The number of rotatable bonds is 8. The van der Waals surface area contributed by atoms with Crippen LogP contribution in [-0.2, 0) is 21.4 Å². The Bertz CT molecular complexity index is 807. The van der Waals surface area contributed by atoms with E-state index in [0.717, 1.165) is 6.42 Å². The third-order valence-corrected chi connectivity index (χ3v) is 5.09. The number of amides is 1. The largest absolute Gasteiger partial charge is 0.351 e. The SMILES string of the molecule is CCCC(N)C(=O)NCc1ccccc1NS(=O)(=O)c1ccccc1. The number of carbonyl (C=O) groups excluding carboxylic acids is 1. The Morgan fingerprint density at radius 3 is 2.40 bits per heavy atom. The quantitative estimate of drug-likeness (QED) is 0.671. The van der Waals surface area contributed by atoms with Crippen molar-refractivity contribution in [3.05, 3.63) is 60.2 Å². The minimum Gasteiger partial charge on any atom is -0.351 e. The second-order valence-corrected chi connectivity index (χ2v) is 7.37. The lowest BCUT2D eigenvalue weighted by Gasteiger charge is -2.15. The first kappa shape index (κ1) is 19.0. The van der Waals surface area contributed by atoms with Crippen LogP contribution < -0.4 is 15.8 Å². The van der Waals surface area contributed by atoms with E-state index in [2.05, 4.69) is 10.0 Å². The molecular formula is C18H23N3O3S. The average Bonchev–Trinajstić information content (AvgIpc) is 2.61. The van der Waals surface area contributed by atoms with E-state index in [1.807, 2.05) is 6.92 Å². The van der Waals surface area contributed by atoms with Gasteiger partial charge in [0.1, 0.15) is 0 Å². The molecule has 0 heterocycles. The molecular weight excluding hydrogens is 338 g/mol. The number of benzene rings is 2. The standard InChI is InChI=1S/C18H23N3O3S/c1-2-8-16(19)18(22)20-13-14-9-6-7-12-17(14)21-25(23,24)15-10-4-3-5-11-15/h3-7,9-12,16,21H,2,8,13,19H2,1H3,(H,20,22). The van der Waals surface area contributed by atoms with Gasteiger partial charge in [0.25, 0.3) is 10.0 Å². The second-order valence-electron chi connectivity index (χ2n) is 5.69. The number of para-hydroxylation sites is 1. The van der Waals surface area contributed by atoms with Gasteiger partial charge in [0.05, 0.1) is 16.6 Å². The minimum absolute atomic E-state index is 0.179. The Kier molecular flexibility index (Phi) is 6.55. The molecule has 0 bridgehead atoms. The van der Waals surface area contributed by atoms with Crippen LogP contribution in [0.5, 0.6) is 0 Å². The Hall–Kier alpha value is -2.38. The summed E-state index contributed by atoms with van der Waals surface area (Å²) in [4.78, 5) is 12.1. The first-order chi connectivity index (χ1) is 11.9. The molecule has 0 aliphatic heterocycles. The number of anilines is 1. The van der Waals surface area contributed by atoms with E-state index in [9.17, 15) is 13.2 Å².